The molecular formula is C14H17ClN2O3S. The SMILES string of the molecule is O=NC1CC2CCCC(C1)N2S(=O)(=O)c1ccc(Cl)cc1. The van der Waals surface area contributed by atoms with Crippen LogP contribution < -0.4 is 0 Å². The molecule has 0 saturated carbocycles. The Bertz CT molecular complexity index is 618. The first-order valence-electron chi connectivity index (χ1n) is 7.14. The summed E-state index contributed by atoms with van der Waals surface area (Å²) < 4.78 is 27.4. The molecule has 0 aliphatic carbocycles. The highest BCUT2D eigenvalue weighted by atomic mass is 35.5. The molecule has 5 nitrogen and oxygen atoms in total. The molecule has 114 valence electrons. The minimum atomic E-state index is -3.54. The van der Waals surface area contributed by atoms with Gasteiger partial charge in [-0.2, -0.15) is 9.21 Å². The van der Waals surface area contributed by atoms with E-state index in [1.165, 1.54) is 12.1 Å². The summed E-state index contributed by atoms with van der Waals surface area (Å²) >= 11 is 5.83. The van der Waals surface area contributed by atoms with Gasteiger partial charge in [-0.05, 0) is 49.9 Å². The number of fused-ring (bicyclic) bond motifs is 2. The van der Waals surface area contributed by atoms with Gasteiger partial charge in [0.1, 0.15) is 0 Å². The molecule has 0 aromatic heterocycles. The molecule has 2 saturated heterocycles. The van der Waals surface area contributed by atoms with Crippen molar-refractivity contribution in [2.75, 3.05) is 0 Å². The average Bonchev–Trinajstić information content (AvgIpc) is 2.46. The lowest BCUT2D eigenvalue weighted by molar-refractivity contribution is 0.111. The fourth-order valence-electron chi connectivity index (χ4n) is 3.52. The van der Waals surface area contributed by atoms with E-state index in [1.54, 1.807) is 16.4 Å². The number of rotatable bonds is 3. The van der Waals surface area contributed by atoms with Crippen LogP contribution in [0.25, 0.3) is 0 Å². The molecule has 0 N–H and O–H groups in total. The summed E-state index contributed by atoms with van der Waals surface area (Å²) in [6.07, 6.45) is 3.68. The van der Waals surface area contributed by atoms with Crippen LogP contribution in [0.5, 0.6) is 0 Å². The van der Waals surface area contributed by atoms with Crippen LogP contribution in [-0.2, 0) is 10.0 Å². The Kier molecular flexibility index (Phi) is 4.03. The van der Waals surface area contributed by atoms with E-state index < -0.39 is 10.0 Å². The van der Waals surface area contributed by atoms with E-state index in [0.29, 0.717) is 17.9 Å². The zero-order valence-electron chi connectivity index (χ0n) is 11.5. The summed E-state index contributed by atoms with van der Waals surface area (Å²) in [7, 11) is -3.54. The van der Waals surface area contributed by atoms with Crippen LogP contribution in [0.3, 0.4) is 0 Å². The van der Waals surface area contributed by atoms with Crippen LogP contribution in [0, 0.1) is 4.91 Å². The van der Waals surface area contributed by atoms with Gasteiger partial charge in [0.15, 0.2) is 0 Å². The first-order chi connectivity index (χ1) is 10.0. The van der Waals surface area contributed by atoms with Crippen molar-refractivity contribution in [1.82, 2.24) is 4.31 Å². The molecule has 1 aromatic rings. The topological polar surface area (TPSA) is 66.8 Å². The zero-order chi connectivity index (χ0) is 15.0. The molecular weight excluding hydrogens is 312 g/mol. The van der Waals surface area contributed by atoms with Gasteiger partial charge < -0.3 is 0 Å². The van der Waals surface area contributed by atoms with Gasteiger partial charge >= 0.3 is 0 Å². The molecule has 2 aliphatic rings. The van der Waals surface area contributed by atoms with Crippen LogP contribution in [0.4, 0.5) is 0 Å². The number of nitroso groups, excluding NO2 is 1. The molecule has 0 spiro atoms. The van der Waals surface area contributed by atoms with E-state index in [2.05, 4.69) is 5.18 Å². The van der Waals surface area contributed by atoms with Gasteiger partial charge in [-0.15, -0.1) is 0 Å². The number of nitrogens with zero attached hydrogens (tertiary/aromatic N) is 2. The number of halogens is 1. The molecule has 2 bridgehead atoms. The van der Waals surface area contributed by atoms with Crippen molar-refractivity contribution in [3.8, 4) is 0 Å². The molecule has 1 aromatic carbocycles. The van der Waals surface area contributed by atoms with Crippen LogP contribution in [0.1, 0.15) is 32.1 Å². The average molecular weight is 329 g/mol. The maximum absolute atomic E-state index is 12.9. The Morgan fingerprint density at radius 3 is 2.19 bits per heavy atom. The Labute approximate surface area is 129 Å². The van der Waals surface area contributed by atoms with Crippen LogP contribution >= 0.6 is 11.6 Å². The second-order valence-corrected chi connectivity index (χ2v) is 8.04. The van der Waals surface area contributed by atoms with Crippen LogP contribution in [0.15, 0.2) is 34.3 Å². The Hall–Kier alpha value is -0.980. The summed E-state index contributed by atoms with van der Waals surface area (Å²) in [5, 5.41) is 3.65. The Balaban J connectivity index is 1.95. The normalized spacial score (nSPS) is 30.0. The highest BCUT2D eigenvalue weighted by Gasteiger charge is 2.45. The molecule has 2 atom stereocenters. The highest BCUT2D eigenvalue weighted by molar-refractivity contribution is 7.89. The third-order valence-electron chi connectivity index (χ3n) is 4.42. The lowest BCUT2D eigenvalue weighted by Crippen LogP contribution is -2.55. The quantitative estimate of drug-likeness (QED) is 0.800. The summed E-state index contributed by atoms with van der Waals surface area (Å²) in [5.74, 6) is 0. The monoisotopic (exact) mass is 328 g/mol. The second-order valence-electron chi connectivity index (χ2n) is 5.76. The highest BCUT2D eigenvalue weighted by Crippen LogP contribution is 2.39. The van der Waals surface area contributed by atoms with Crippen LogP contribution in [0.2, 0.25) is 5.02 Å². The Morgan fingerprint density at radius 1 is 1.10 bits per heavy atom. The zero-order valence-corrected chi connectivity index (χ0v) is 13.1. The fraction of sp³-hybridized carbons (Fsp3) is 0.571. The number of hydrogen-bond acceptors (Lipinski definition) is 4. The Morgan fingerprint density at radius 2 is 1.67 bits per heavy atom. The van der Waals surface area contributed by atoms with Gasteiger partial charge in [0.05, 0.1) is 10.9 Å². The third kappa shape index (κ3) is 2.72. The van der Waals surface area contributed by atoms with Gasteiger partial charge in [-0.1, -0.05) is 23.2 Å². The standard InChI is InChI=1S/C14H17ClN2O3S/c15-10-4-6-14(7-5-10)21(19,20)17-12-2-1-3-13(17)9-11(8-12)16-18/h4-7,11-13H,1-3,8-9H2. The van der Waals surface area contributed by atoms with Gasteiger partial charge in [-0.25, -0.2) is 8.42 Å². The summed E-state index contributed by atoms with van der Waals surface area (Å²) in [6.45, 7) is 0. The van der Waals surface area contributed by atoms with Crippen molar-refractivity contribution >= 4 is 21.6 Å². The smallest absolute Gasteiger partial charge is 0.207 e. The van der Waals surface area contributed by atoms with Crippen LogP contribution in [-0.4, -0.2) is 30.8 Å². The predicted molar refractivity (Wildman–Crippen MR) is 80.7 cm³/mol. The lowest BCUT2D eigenvalue weighted by atomic mass is 9.84. The fourth-order valence-corrected chi connectivity index (χ4v) is 5.53. The van der Waals surface area contributed by atoms with Crippen molar-refractivity contribution in [2.45, 2.75) is 55.1 Å². The second kappa shape index (κ2) is 5.66. The summed E-state index contributed by atoms with van der Waals surface area (Å²) in [5.41, 5.74) is 0. The van der Waals surface area contributed by atoms with Crippen molar-refractivity contribution in [3.63, 3.8) is 0 Å². The summed E-state index contributed by atoms with van der Waals surface area (Å²) in [6, 6.07) is 5.78. The number of hydrogen-bond donors (Lipinski definition) is 0. The maximum atomic E-state index is 12.9. The van der Waals surface area contributed by atoms with Crippen molar-refractivity contribution < 1.29 is 8.42 Å². The molecule has 21 heavy (non-hydrogen) atoms. The molecule has 2 fully saturated rings. The van der Waals surface area contributed by atoms with Gasteiger partial charge in [0.25, 0.3) is 0 Å². The predicted octanol–water partition coefficient (Wildman–Crippen LogP) is 3.18. The van der Waals surface area contributed by atoms with Gasteiger partial charge in [0.2, 0.25) is 10.0 Å². The van der Waals surface area contributed by atoms with E-state index in [0.717, 1.165) is 19.3 Å². The maximum Gasteiger partial charge on any atom is 0.243 e. The molecule has 2 heterocycles. The lowest BCUT2D eigenvalue weighted by Gasteiger charge is -2.46. The molecule has 0 radical (unpaired) electrons. The largest absolute Gasteiger partial charge is 0.243 e. The van der Waals surface area contributed by atoms with E-state index in [-0.39, 0.29) is 23.0 Å². The molecule has 2 unspecified atom stereocenters. The van der Waals surface area contributed by atoms with Gasteiger partial charge in [-0.3, -0.25) is 0 Å². The summed E-state index contributed by atoms with van der Waals surface area (Å²) in [4.78, 5) is 11.1. The third-order valence-corrected chi connectivity index (χ3v) is 6.69. The van der Waals surface area contributed by atoms with E-state index >= 15 is 0 Å². The van der Waals surface area contributed by atoms with Crippen molar-refractivity contribution in [3.05, 3.63) is 34.2 Å². The number of sulfonamides is 1. The first kappa shape index (κ1) is 14.9. The van der Waals surface area contributed by atoms with E-state index in [4.69, 9.17) is 11.6 Å². The molecule has 0 amide bonds. The minimum absolute atomic E-state index is 0.110. The molecule has 3 rings (SSSR count). The number of piperidine rings is 2. The van der Waals surface area contributed by atoms with Crippen molar-refractivity contribution in [1.29, 1.82) is 0 Å². The first-order valence-corrected chi connectivity index (χ1v) is 8.96. The molecule has 7 heteroatoms. The van der Waals surface area contributed by atoms with E-state index in [1.807, 2.05) is 0 Å². The van der Waals surface area contributed by atoms with E-state index in [9.17, 15) is 13.3 Å². The minimum Gasteiger partial charge on any atom is -0.207 e. The number of benzene rings is 1. The van der Waals surface area contributed by atoms with Crippen molar-refractivity contribution in [2.24, 2.45) is 5.18 Å². The molecule has 2 aliphatic heterocycles. The van der Waals surface area contributed by atoms with Gasteiger partial charge in [0, 0.05) is 17.1 Å².